The predicted octanol–water partition coefficient (Wildman–Crippen LogP) is 3.12. The van der Waals surface area contributed by atoms with E-state index in [0.29, 0.717) is 28.7 Å². The van der Waals surface area contributed by atoms with Gasteiger partial charge in [-0.1, -0.05) is 41.9 Å². The molecule has 0 spiro atoms. The second-order valence-electron chi connectivity index (χ2n) is 6.68. The molecule has 0 saturated heterocycles. The summed E-state index contributed by atoms with van der Waals surface area (Å²) in [6, 6.07) is 17.6. The van der Waals surface area contributed by atoms with Crippen LogP contribution in [0.15, 0.2) is 71.7 Å². The van der Waals surface area contributed by atoms with Gasteiger partial charge in [0.1, 0.15) is 12.7 Å². The molecule has 1 aliphatic heterocycles. The number of amides is 1. The zero-order valence-corrected chi connectivity index (χ0v) is 16.3. The lowest BCUT2D eigenvalue weighted by molar-refractivity contribution is 0.0789. The molecule has 4 rings (SSSR count). The molecule has 1 amide bonds. The number of hydrogen-bond acceptors (Lipinski definition) is 4. The van der Waals surface area contributed by atoms with E-state index < -0.39 is 0 Å². The molecule has 7 heteroatoms. The van der Waals surface area contributed by atoms with Crippen molar-refractivity contribution in [1.82, 2.24) is 9.88 Å². The lowest BCUT2D eigenvalue weighted by atomic mass is 10.2. The van der Waals surface area contributed by atoms with Crippen molar-refractivity contribution in [3.8, 4) is 11.5 Å². The molecule has 0 unspecified atom stereocenters. The smallest absolute Gasteiger partial charge is 0.252 e. The second-order valence-corrected chi connectivity index (χ2v) is 7.09. The third kappa shape index (κ3) is 4.43. The van der Waals surface area contributed by atoms with Crippen LogP contribution in [0.3, 0.4) is 0 Å². The van der Waals surface area contributed by atoms with Crippen LogP contribution < -0.4 is 20.3 Å². The van der Waals surface area contributed by atoms with Gasteiger partial charge in [-0.05, 0) is 29.8 Å². The Bertz CT molecular complexity index is 1100. The van der Waals surface area contributed by atoms with Crippen molar-refractivity contribution >= 4 is 17.5 Å². The fraction of sp³-hybridized carbons (Fsp3) is 0.182. The minimum Gasteiger partial charge on any atom is -0.486 e. The van der Waals surface area contributed by atoms with E-state index in [1.807, 2.05) is 42.5 Å². The van der Waals surface area contributed by atoms with Crippen molar-refractivity contribution in [2.75, 3.05) is 13.2 Å². The molecule has 1 N–H and O–H groups in total. The first-order valence-corrected chi connectivity index (χ1v) is 9.58. The Balaban J connectivity index is 1.42. The molecule has 1 aliphatic rings. The number of nitrogens with zero attached hydrogens (tertiary/aromatic N) is 1. The van der Waals surface area contributed by atoms with E-state index in [-0.39, 0.29) is 30.7 Å². The molecule has 2 aromatic carbocycles. The number of para-hydroxylation sites is 2. The van der Waals surface area contributed by atoms with Gasteiger partial charge >= 0.3 is 0 Å². The quantitative estimate of drug-likeness (QED) is 0.701. The Morgan fingerprint density at radius 2 is 1.83 bits per heavy atom. The molecule has 0 fully saturated rings. The van der Waals surface area contributed by atoms with Gasteiger partial charge in [-0.25, -0.2) is 0 Å². The molecule has 1 atom stereocenters. The normalized spacial score (nSPS) is 15.0. The Hall–Kier alpha value is -3.25. The summed E-state index contributed by atoms with van der Waals surface area (Å²) in [5, 5.41) is 3.41. The first kappa shape index (κ1) is 19.1. The van der Waals surface area contributed by atoms with Crippen molar-refractivity contribution in [1.29, 1.82) is 0 Å². The van der Waals surface area contributed by atoms with Gasteiger partial charge in [-0.2, -0.15) is 0 Å². The fourth-order valence-corrected chi connectivity index (χ4v) is 3.27. The van der Waals surface area contributed by atoms with Crippen LogP contribution in [0.25, 0.3) is 0 Å². The van der Waals surface area contributed by atoms with Crippen LogP contribution in [0.1, 0.15) is 15.9 Å². The Morgan fingerprint density at radius 1 is 1.07 bits per heavy atom. The molecule has 148 valence electrons. The van der Waals surface area contributed by atoms with Gasteiger partial charge in [0, 0.05) is 17.3 Å². The van der Waals surface area contributed by atoms with Gasteiger partial charge in [0.2, 0.25) is 0 Å². The number of aromatic nitrogens is 1. The van der Waals surface area contributed by atoms with Crippen molar-refractivity contribution in [2.24, 2.45) is 0 Å². The van der Waals surface area contributed by atoms with E-state index in [9.17, 15) is 9.59 Å². The second kappa shape index (κ2) is 8.41. The SMILES string of the molecule is O=C(NC[C@H]1COc2ccccc2O1)c1ccc(=O)n(Cc2ccccc2Cl)c1. The van der Waals surface area contributed by atoms with Gasteiger partial charge in [0.25, 0.3) is 11.5 Å². The van der Waals surface area contributed by atoms with Gasteiger partial charge in [-0.15, -0.1) is 0 Å². The highest BCUT2D eigenvalue weighted by atomic mass is 35.5. The summed E-state index contributed by atoms with van der Waals surface area (Å²) in [5.74, 6) is 1.06. The van der Waals surface area contributed by atoms with Crippen LogP contribution >= 0.6 is 11.6 Å². The number of hydrogen-bond donors (Lipinski definition) is 1. The highest BCUT2D eigenvalue weighted by Crippen LogP contribution is 2.30. The number of pyridine rings is 1. The van der Waals surface area contributed by atoms with Gasteiger partial charge < -0.3 is 19.4 Å². The lowest BCUT2D eigenvalue weighted by Gasteiger charge is -2.26. The van der Waals surface area contributed by atoms with Crippen LogP contribution in [0.2, 0.25) is 5.02 Å². The summed E-state index contributed by atoms with van der Waals surface area (Å²) >= 11 is 6.18. The van der Waals surface area contributed by atoms with Gasteiger partial charge in [0.05, 0.1) is 18.7 Å². The van der Waals surface area contributed by atoms with Crippen molar-refractivity contribution in [3.05, 3.63) is 93.4 Å². The Kier molecular flexibility index (Phi) is 5.53. The molecule has 0 bridgehead atoms. The van der Waals surface area contributed by atoms with E-state index >= 15 is 0 Å². The zero-order valence-electron chi connectivity index (χ0n) is 15.5. The summed E-state index contributed by atoms with van der Waals surface area (Å²) < 4.78 is 13.0. The maximum Gasteiger partial charge on any atom is 0.252 e. The van der Waals surface area contributed by atoms with Crippen molar-refractivity contribution in [2.45, 2.75) is 12.6 Å². The summed E-state index contributed by atoms with van der Waals surface area (Å²) in [6.07, 6.45) is 1.25. The molecule has 1 aromatic heterocycles. The average molecular weight is 411 g/mol. The van der Waals surface area contributed by atoms with Crippen LogP contribution in [0.4, 0.5) is 0 Å². The Labute approximate surface area is 172 Å². The standard InChI is InChI=1S/C22H19ClN2O4/c23-18-6-2-1-5-15(18)12-25-13-16(9-10-21(25)26)22(27)24-11-17-14-28-19-7-3-4-8-20(19)29-17/h1-10,13,17H,11-12,14H2,(H,24,27)/t17-/m0/s1. The van der Waals surface area contributed by atoms with Crippen molar-refractivity contribution in [3.63, 3.8) is 0 Å². The molecule has 0 saturated carbocycles. The maximum absolute atomic E-state index is 12.6. The highest BCUT2D eigenvalue weighted by molar-refractivity contribution is 6.31. The summed E-state index contributed by atoms with van der Waals surface area (Å²) in [7, 11) is 0. The third-order valence-electron chi connectivity index (χ3n) is 4.60. The number of rotatable bonds is 5. The Morgan fingerprint density at radius 3 is 2.66 bits per heavy atom. The predicted molar refractivity (Wildman–Crippen MR) is 110 cm³/mol. The number of carbonyl (C=O) groups excluding carboxylic acids is 1. The van der Waals surface area contributed by atoms with E-state index in [1.54, 1.807) is 6.07 Å². The summed E-state index contributed by atoms with van der Waals surface area (Å²) in [4.78, 5) is 24.8. The molecule has 0 aliphatic carbocycles. The van der Waals surface area contributed by atoms with E-state index in [1.165, 1.54) is 22.9 Å². The minimum absolute atomic E-state index is 0.206. The third-order valence-corrected chi connectivity index (χ3v) is 4.97. The maximum atomic E-state index is 12.6. The number of ether oxygens (including phenoxy) is 2. The van der Waals surface area contributed by atoms with Crippen LogP contribution in [0.5, 0.6) is 11.5 Å². The number of benzene rings is 2. The minimum atomic E-state index is -0.291. The van der Waals surface area contributed by atoms with Crippen LogP contribution in [-0.2, 0) is 6.54 Å². The fourth-order valence-electron chi connectivity index (χ4n) is 3.07. The van der Waals surface area contributed by atoms with E-state index in [4.69, 9.17) is 21.1 Å². The molecule has 2 heterocycles. The van der Waals surface area contributed by atoms with Crippen LogP contribution in [-0.4, -0.2) is 29.7 Å². The highest BCUT2D eigenvalue weighted by Gasteiger charge is 2.21. The number of nitrogens with one attached hydrogen (secondary N) is 1. The number of halogens is 1. The first-order valence-electron chi connectivity index (χ1n) is 9.21. The van der Waals surface area contributed by atoms with E-state index in [2.05, 4.69) is 5.32 Å². The molecule has 29 heavy (non-hydrogen) atoms. The molecular formula is C22H19ClN2O4. The average Bonchev–Trinajstić information content (AvgIpc) is 2.75. The number of fused-ring (bicyclic) bond motifs is 1. The van der Waals surface area contributed by atoms with Crippen molar-refractivity contribution < 1.29 is 14.3 Å². The topological polar surface area (TPSA) is 69.6 Å². The van der Waals surface area contributed by atoms with E-state index in [0.717, 1.165) is 5.56 Å². The summed E-state index contributed by atoms with van der Waals surface area (Å²) in [5.41, 5.74) is 0.983. The largest absolute Gasteiger partial charge is 0.486 e. The molecule has 6 nitrogen and oxygen atoms in total. The van der Waals surface area contributed by atoms with Gasteiger partial charge in [0.15, 0.2) is 11.5 Å². The zero-order chi connectivity index (χ0) is 20.2. The molecule has 0 radical (unpaired) electrons. The monoisotopic (exact) mass is 410 g/mol. The number of carbonyl (C=O) groups is 1. The molecular weight excluding hydrogens is 392 g/mol. The lowest BCUT2D eigenvalue weighted by Crippen LogP contribution is -2.41. The van der Waals surface area contributed by atoms with Gasteiger partial charge in [-0.3, -0.25) is 9.59 Å². The summed E-state index contributed by atoms with van der Waals surface area (Å²) in [6.45, 7) is 0.927. The first-order chi connectivity index (χ1) is 14.1. The van der Waals surface area contributed by atoms with Crippen LogP contribution in [0, 0.1) is 0 Å². The molecule has 3 aromatic rings.